The molecular formula is C34H33FN4O5. The highest BCUT2D eigenvalue weighted by Crippen LogP contribution is 2.27. The first-order valence-electron chi connectivity index (χ1n) is 14.8. The van der Waals surface area contributed by atoms with E-state index in [1.54, 1.807) is 18.2 Å². The van der Waals surface area contributed by atoms with Gasteiger partial charge in [0.15, 0.2) is 0 Å². The molecule has 0 aliphatic carbocycles. The molecule has 1 aromatic heterocycles. The third kappa shape index (κ3) is 7.08. The zero-order chi connectivity index (χ0) is 30.5. The van der Waals surface area contributed by atoms with Crippen LogP contribution in [0.25, 0.3) is 17.1 Å². The first-order chi connectivity index (χ1) is 21.4. The van der Waals surface area contributed by atoms with Gasteiger partial charge in [-0.15, -0.1) is 0 Å². The number of nitriles is 1. The minimum atomic E-state index is -0.980. The van der Waals surface area contributed by atoms with E-state index in [-0.39, 0.29) is 24.4 Å². The van der Waals surface area contributed by atoms with Gasteiger partial charge in [-0.1, -0.05) is 18.2 Å². The van der Waals surface area contributed by atoms with Crippen LogP contribution in [-0.2, 0) is 29.2 Å². The molecule has 2 fully saturated rings. The summed E-state index contributed by atoms with van der Waals surface area (Å²) in [6, 6.07) is 19.5. The molecule has 2 saturated heterocycles. The average molecular weight is 597 g/mol. The molecule has 0 saturated carbocycles. The van der Waals surface area contributed by atoms with Crippen LogP contribution in [-0.4, -0.2) is 57.4 Å². The van der Waals surface area contributed by atoms with E-state index in [0.717, 1.165) is 67.5 Å². The quantitative estimate of drug-likeness (QED) is 0.224. The van der Waals surface area contributed by atoms with Crippen molar-refractivity contribution in [1.82, 2.24) is 14.5 Å². The molecule has 3 heterocycles. The third-order valence-electron chi connectivity index (χ3n) is 8.03. The summed E-state index contributed by atoms with van der Waals surface area (Å²) >= 11 is 0. The van der Waals surface area contributed by atoms with Crippen molar-refractivity contribution in [2.45, 2.75) is 51.2 Å². The molecule has 0 spiro atoms. The molecule has 10 heteroatoms. The number of fused-ring (bicyclic) bond motifs is 1. The second-order valence-corrected chi connectivity index (χ2v) is 11.1. The molecule has 4 aromatic rings. The van der Waals surface area contributed by atoms with Gasteiger partial charge in [-0.3, -0.25) is 4.90 Å². The van der Waals surface area contributed by atoms with Crippen molar-refractivity contribution in [1.29, 1.82) is 5.26 Å². The standard InChI is InChI=1S/C34H33FN4O5/c35-30-16-24(19-36)4-7-25(30)22-43-27-2-1-3-28(18-27)44-26-10-13-38(14-11-26)21-33-37-31-8-5-23(6-9-34(40)41)17-32(31)39(33)20-29-12-15-42-29/h1-9,16-18,26,29H,10-15,20-22H2,(H,40,41)/b9-6+/t29-/m0/s1. The summed E-state index contributed by atoms with van der Waals surface area (Å²) in [5.41, 5.74) is 3.33. The maximum atomic E-state index is 14.2. The fourth-order valence-corrected chi connectivity index (χ4v) is 5.53. The minimum absolute atomic E-state index is 0.0530. The smallest absolute Gasteiger partial charge is 0.328 e. The van der Waals surface area contributed by atoms with Crippen LogP contribution >= 0.6 is 0 Å². The summed E-state index contributed by atoms with van der Waals surface area (Å²) in [5.74, 6) is 0.813. The number of aliphatic carboxylic acids is 1. The summed E-state index contributed by atoms with van der Waals surface area (Å²) in [4.78, 5) is 18.3. The van der Waals surface area contributed by atoms with E-state index in [2.05, 4.69) is 9.47 Å². The molecule has 0 bridgehead atoms. The first-order valence-corrected chi connectivity index (χ1v) is 14.8. The topological polar surface area (TPSA) is 110 Å². The lowest BCUT2D eigenvalue weighted by Gasteiger charge is -2.32. The van der Waals surface area contributed by atoms with E-state index < -0.39 is 11.8 Å². The highest BCUT2D eigenvalue weighted by molar-refractivity contribution is 5.87. The van der Waals surface area contributed by atoms with Crippen molar-refractivity contribution < 1.29 is 28.5 Å². The predicted molar refractivity (Wildman–Crippen MR) is 162 cm³/mol. The van der Waals surface area contributed by atoms with Crippen LogP contribution in [0.4, 0.5) is 4.39 Å². The van der Waals surface area contributed by atoms with Crippen LogP contribution in [0, 0.1) is 17.1 Å². The Morgan fingerprint density at radius 3 is 2.66 bits per heavy atom. The fraction of sp³-hybridized carbons (Fsp3) is 0.324. The average Bonchev–Trinajstić information content (AvgIpc) is 3.34. The first kappa shape index (κ1) is 29.4. The number of nitrogens with zero attached hydrogens (tertiary/aromatic N) is 4. The Morgan fingerprint density at radius 1 is 1.11 bits per heavy atom. The van der Waals surface area contributed by atoms with Gasteiger partial charge in [-0.05, 0) is 67.3 Å². The van der Waals surface area contributed by atoms with E-state index in [4.69, 9.17) is 29.6 Å². The number of rotatable bonds is 11. The van der Waals surface area contributed by atoms with Gasteiger partial charge in [0.2, 0.25) is 0 Å². The highest BCUT2D eigenvalue weighted by Gasteiger charge is 2.25. The number of hydrogen-bond donors (Lipinski definition) is 1. The normalized spacial score (nSPS) is 17.4. The van der Waals surface area contributed by atoms with Crippen LogP contribution < -0.4 is 9.47 Å². The van der Waals surface area contributed by atoms with Crippen molar-refractivity contribution in [2.24, 2.45) is 0 Å². The van der Waals surface area contributed by atoms with Gasteiger partial charge in [0.25, 0.3) is 0 Å². The third-order valence-corrected chi connectivity index (χ3v) is 8.03. The molecule has 44 heavy (non-hydrogen) atoms. The number of benzene rings is 3. The number of hydrogen-bond acceptors (Lipinski definition) is 7. The maximum Gasteiger partial charge on any atom is 0.328 e. The molecule has 3 aromatic carbocycles. The molecule has 1 N–H and O–H groups in total. The molecule has 0 radical (unpaired) electrons. The van der Waals surface area contributed by atoms with Crippen LogP contribution in [0.5, 0.6) is 11.5 Å². The van der Waals surface area contributed by atoms with Gasteiger partial charge in [0.05, 0.1) is 41.9 Å². The monoisotopic (exact) mass is 596 g/mol. The van der Waals surface area contributed by atoms with Crippen LogP contribution in [0.2, 0.25) is 0 Å². The van der Waals surface area contributed by atoms with Crippen LogP contribution in [0.15, 0.2) is 66.7 Å². The Balaban J connectivity index is 1.06. The number of likely N-dealkylation sites (tertiary alicyclic amines) is 1. The molecule has 9 nitrogen and oxygen atoms in total. The van der Waals surface area contributed by atoms with E-state index >= 15 is 0 Å². The zero-order valence-corrected chi connectivity index (χ0v) is 24.2. The van der Waals surface area contributed by atoms with Crippen molar-refractivity contribution in [2.75, 3.05) is 19.7 Å². The van der Waals surface area contributed by atoms with Gasteiger partial charge in [-0.2, -0.15) is 5.26 Å². The number of carboxylic acid groups (broad SMARTS) is 1. The van der Waals surface area contributed by atoms with Gasteiger partial charge in [-0.25, -0.2) is 14.2 Å². The van der Waals surface area contributed by atoms with E-state index in [0.29, 0.717) is 30.2 Å². The minimum Gasteiger partial charge on any atom is -0.490 e. The largest absolute Gasteiger partial charge is 0.490 e. The number of carboxylic acids is 1. The zero-order valence-electron chi connectivity index (χ0n) is 24.2. The summed E-state index contributed by atoms with van der Waals surface area (Å²) in [6.07, 6.45) is 5.69. The summed E-state index contributed by atoms with van der Waals surface area (Å²) in [7, 11) is 0. The molecular weight excluding hydrogens is 563 g/mol. The molecule has 0 amide bonds. The maximum absolute atomic E-state index is 14.2. The Morgan fingerprint density at radius 2 is 1.93 bits per heavy atom. The molecule has 2 aliphatic heterocycles. The lowest BCUT2D eigenvalue weighted by molar-refractivity contribution is -0.131. The van der Waals surface area contributed by atoms with Gasteiger partial charge in [0, 0.05) is 37.4 Å². The van der Waals surface area contributed by atoms with Gasteiger partial charge >= 0.3 is 5.97 Å². The Bertz CT molecular complexity index is 1720. The molecule has 226 valence electrons. The van der Waals surface area contributed by atoms with Crippen molar-refractivity contribution in [3.05, 3.63) is 95.1 Å². The molecule has 2 aliphatic rings. The predicted octanol–water partition coefficient (Wildman–Crippen LogP) is 5.56. The van der Waals surface area contributed by atoms with Crippen molar-refractivity contribution >= 4 is 23.1 Å². The summed E-state index contributed by atoms with van der Waals surface area (Å²) < 4.78 is 34.3. The SMILES string of the molecule is N#Cc1ccc(COc2cccc(OC3CCN(Cc4nc5ccc(/C=C/C(=O)O)cc5n4C[C@@H]4CCO4)CC3)c2)c(F)c1. The van der Waals surface area contributed by atoms with Crippen LogP contribution in [0.1, 0.15) is 41.8 Å². The van der Waals surface area contributed by atoms with Crippen molar-refractivity contribution in [3.8, 4) is 17.6 Å². The second kappa shape index (κ2) is 13.3. The Kier molecular flexibility index (Phi) is 8.86. The number of halogens is 1. The molecule has 0 unspecified atom stereocenters. The van der Waals surface area contributed by atoms with Gasteiger partial charge < -0.3 is 23.9 Å². The summed E-state index contributed by atoms with van der Waals surface area (Å²) in [6.45, 7) is 3.95. The number of imidazole rings is 1. The van der Waals surface area contributed by atoms with E-state index in [9.17, 15) is 9.18 Å². The lowest BCUT2D eigenvalue weighted by atomic mass is 10.1. The van der Waals surface area contributed by atoms with E-state index in [1.165, 1.54) is 6.07 Å². The fourth-order valence-electron chi connectivity index (χ4n) is 5.53. The number of piperidine rings is 1. The summed E-state index contributed by atoms with van der Waals surface area (Å²) in [5, 5.41) is 18.0. The number of carbonyl (C=O) groups is 1. The highest BCUT2D eigenvalue weighted by atomic mass is 19.1. The Hall–Kier alpha value is -4.72. The lowest BCUT2D eigenvalue weighted by Crippen LogP contribution is -2.39. The second-order valence-electron chi connectivity index (χ2n) is 11.1. The number of ether oxygens (including phenoxy) is 3. The van der Waals surface area contributed by atoms with Crippen molar-refractivity contribution in [3.63, 3.8) is 0 Å². The van der Waals surface area contributed by atoms with Gasteiger partial charge in [0.1, 0.15) is 35.9 Å². The molecule has 1 atom stereocenters. The molecule has 6 rings (SSSR count). The van der Waals surface area contributed by atoms with E-state index in [1.807, 2.05) is 48.5 Å². The number of aromatic nitrogens is 2. The Labute approximate surface area is 254 Å². The van der Waals surface area contributed by atoms with Crippen LogP contribution in [0.3, 0.4) is 0 Å².